The molecule has 0 unspecified atom stereocenters. The van der Waals surface area contributed by atoms with Crippen molar-refractivity contribution in [1.82, 2.24) is 9.80 Å². The SMILES string of the molecule is CN1C(=O)[C@@H]2[C@H](C1=O)[C@H](c1ccccc1)N1[C@H](c3ccccc3)COC(=O)[C@@H]21. The average molecular weight is 376 g/mol. The highest BCUT2D eigenvalue weighted by atomic mass is 16.5. The number of amides is 2. The molecule has 3 heterocycles. The van der Waals surface area contributed by atoms with Gasteiger partial charge in [0, 0.05) is 13.1 Å². The van der Waals surface area contributed by atoms with E-state index in [-0.39, 0.29) is 30.5 Å². The topological polar surface area (TPSA) is 66.9 Å². The zero-order valence-corrected chi connectivity index (χ0v) is 15.4. The number of hydrogen-bond acceptors (Lipinski definition) is 5. The van der Waals surface area contributed by atoms with Crippen molar-refractivity contribution in [2.24, 2.45) is 11.8 Å². The van der Waals surface area contributed by atoms with Gasteiger partial charge in [-0.2, -0.15) is 0 Å². The van der Waals surface area contributed by atoms with Crippen molar-refractivity contribution in [1.29, 1.82) is 0 Å². The summed E-state index contributed by atoms with van der Waals surface area (Å²) in [5.41, 5.74) is 1.95. The van der Waals surface area contributed by atoms with Gasteiger partial charge in [-0.15, -0.1) is 0 Å². The van der Waals surface area contributed by atoms with Gasteiger partial charge in [-0.25, -0.2) is 0 Å². The number of hydrogen-bond donors (Lipinski definition) is 0. The summed E-state index contributed by atoms with van der Waals surface area (Å²) in [6.07, 6.45) is 0. The number of cyclic esters (lactones) is 1. The van der Waals surface area contributed by atoms with Crippen molar-refractivity contribution < 1.29 is 19.1 Å². The molecular formula is C22H20N2O4. The Morgan fingerprint density at radius 3 is 1.93 bits per heavy atom. The fourth-order valence-electron chi connectivity index (χ4n) is 5.03. The normalized spacial score (nSPS) is 32.2. The summed E-state index contributed by atoms with van der Waals surface area (Å²) in [6.45, 7) is 0.209. The maximum Gasteiger partial charge on any atom is 0.324 e. The number of ether oxygens (including phenoxy) is 1. The summed E-state index contributed by atoms with van der Waals surface area (Å²) in [7, 11) is 1.50. The molecule has 5 rings (SSSR count). The second kappa shape index (κ2) is 6.27. The smallest absolute Gasteiger partial charge is 0.324 e. The lowest BCUT2D eigenvalue weighted by Gasteiger charge is -2.41. The van der Waals surface area contributed by atoms with Crippen LogP contribution in [0.1, 0.15) is 23.2 Å². The molecule has 6 nitrogen and oxygen atoms in total. The van der Waals surface area contributed by atoms with E-state index in [4.69, 9.17) is 4.74 Å². The maximum absolute atomic E-state index is 13.0. The number of likely N-dealkylation sites (tertiary alicyclic amines) is 1. The van der Waals surface area contributed by atoms with Gasteiger partial charge >= 0.3 is 5.97 Å². The number of fused-ring (bicyclic) bond motifs is 3. The second-order valence-corrected chi connectivity index (χ2v) is 7.59. The van der Waals surface area contributed by atoms with Crippen LogP contribution in [0.25, 0.3) is 0 Å². The van der Waals surface area contributed by atoms with Crippen LogP contribution in [0.5, 0.6) is 0 Å². The number of benzene rings is 2. The van der Waals surface area contributed by atoms with Gasteiger partial charge in [0.2, 0.25) is 11.8 Å². The molecule has 3 fully saturated rings. The summed E-state index contributed by atoms with van der Waals surface area (Å²) in [5, 5.41) is 0. The van der Waals surface area contributed by atoms with Crippen LogP contribution < -0.4 is 0 Å². The van der Waals surface area contributed by atoms with Crippen molar-refractivity contribution in [2.45, 2.75) is 18.1 Å². The Bertz CT molecular complexity index is 946. The van der Waals surface area contributed by atoms with Crippen molar-refractivity contribution in [2.75, 3.05) is 13.7 Å². The first kappa shape index (κ1) is 17.1. The van der Waals surface area contributed by atoms with E-state index in [1.165, 1.54) is 11.9 Å². The number of rotatable bonds is 2. The number of imide groups is 1. The number of carbonyl (C=O) groups excluding carboxylic acids is 3. The molecule has 2 amide bonds. The summed E-state index contributed by atoms with van der Waals surface area (Å²) < 4.78 is 5.51. The van der Waals surface area contributed by atoms with Crippen LogP contribution in [0.3, 0.4) is 0 Å². The van der Waals surface area contributed by atoms with Gasteiger partial charge in [-0.1, -0.05) is 60.7 Å². The Morgan fingerprint density at radius 2 is 1.32 bits per heavy atom. The van der Waals surface area contributed by atoms with Gasteiger partial charge in [0.15, 0.2) is 0 Å². The quantitative estimate of drug-likeness (QED) is 0.592. The fourth-order valence-corrected chi connectivity index (χ4v) is 5.03. The third-order valence-electron chi connectivity index (χ3n) is 6.25. The number of carbonyl (C=O) groups is 3. The lowest BCUT2D eigenvalue weighted by Crippen LogP contribution is -2.52. The fraction of sp³-hybridized carbons (Fsp3) is 0.318. The molecule has 0 N–H and O–H groups in total. The summed E-state index contributed by atoms with van der Waals surface area (Å²) in [4.78, 5) is 41.9. The molecule has 3 aliphatic rings. The predicted octanol–water partition coefficient (Wildman–Crippen LogP) is 1.94. The molecule has 5 atom stereocenters. The molecule has 142 valence electrons. The standard InChI is InChI=1S/C22H20N2O4/c1-23-20(25)16-17(21(23)26)19-22(27)28-12-15(13-8-4-2-5-9-13)24(19)18(16)14-10-6-3-7-11-14/h2-11,15-19H,12H2,1H3/t15-,16-,17+,18-,19+/m0/s1. The molecule has 0 aromatic heterocycles. The van der Waals surface area contributed by atoms with Crippen LogP contribution in [-0.4, -0.2) is 47.3 Å². The van der Waals surface area contributed by atoms with Crippen LogP contribution >= 0.6 is 0 Å². The Balaban J connectivity index is 1.69. The summed E-state index contributed by atoms with van der Waals surface area (Å²) >= 11 is 0. The van der Waals surface area contributed by atoms with Crippen molar-refractivity contribution in [3.05, 3.63) is 71.8 Å². The van der Waals surface area contributed by atoms with E-state index in [0.717, 1.165) is 11.1 Å². The van der Waals surface area contributed by atoms with Crippen LogP contribution in [0.15, 0.2) is 60.7 Å². The third-order valence-corrected chi connectivity index (χ3v) is 6.25. The Labute approximate surface area is 162 Å². The van der Waals surface area contributed by atoms with Crippen LogP contribution in [-0.2, 0) is 19.1 Å². The zero-order chi connectivity index (χ0) is 19.4. The molecule has 3 saturated heterocycles. The van der Waals surface area contributed by atoms with Gasteiger partial charge in [-0.05, 0) is 11.1 Å². The highest BCUT2D eigenvalue weighted by Crippen LogP contribution is 2.54. The first-order chi connectivity index (χ1) is 13.6. The highest BCUT2D eigenvalue weighted by molar-refractivity contribution is 6.08. The third kappa shape index (κ3) is 2.27. The summed E-state index contributed by atoms with van der Waals surface area (Å²) in [6, 6.07) is 18.2. The Kier molecular flexibility index (Phi) is 3.84. The molecule has 0 saturated carbocycles. The number of nitrogens with zero attached hydrogens (tertiary/aromatic N) is 2. The maximum atomic E-state index is 13.0. The largest absolute Gasteiger partial charge is 0.462 e. The van der Waals surface area contributed by atoms with Gasteiger partial charge in [0.1, 0.15) is 12.6 Å². The van der Waals surface area contributed by atoms with E-state index in [1.54, 1.807) is 0 Å². The monoisotopic (exact) mass is 376 g/mol. The van der Waals surface area contributed by atoms with Gasteiger partial charge < -0.3 is 4.74 Å². The van der Waals surface area contributed by atoms with Crippen LogP contribution in [0, 0.1) is 11.8 Å². The highest BCUT2D eigenvalue weighted by Gasteiger charge is 2.66. The molecule has 0 radical (unpaired) electrons. The van der Waals surface area contributed by atoms with Crippen molar-refractivity contribution in [3.8, 4) is 0 Å². The first-order valence-corrected chi connectivity index (χ1v) is 9.45. The number of esters is 1. The van der Waals surface area contributed by atoms with E-state index >= 15 is 0 Å². The molecule has 0 bridgehead atoms. The molecule has 0 spiro atoms. The summed E-state index contributed by atoms with van der Waals surface area (Å²) in [5.74, 6) is -2.23. The van der Waals surface area contributed by atoms with E-state index in [9.17, 15) is 14.4 Å². The van der Waals surface area contributed by atoms with E-state index < -0.39 is 23.8 Å². The lowest BCUT2D eigenvalue weighted by atomic mass is 9.86. The van der Waals surface area contributed by atoms with Gasteiger partial charge in [-0.3, -0.25) is 24.2 Å². The van der Waals surface area contributed by atoms with Crippen molar-refractivity contribution >= 4 is 17.8 Å². The van der Waals surface area contributed by atoms with E-state index in [2.05, 4.69) is 4.90 Å². The molecule has 6 heteroatoms. The van der Waals surface area contributed by atoms with Crippen LogP contribution in [0.2, 0.25) is 0 Å². The van der Waals surface area contributed by atoms with Crippen molar-refractivity contribution in [3.63, 3.8) is 0 Å². The second-order valence-electron chi connectivity index (χ2n) is 7.59. The first-order valence-electron chi connectivity index (χ1n) is 9.45. The van der Waals surface area contributed by atoms with E-state index in [0.29, 0.717) is 0 Å². The average Bonchev–Trinajstić information content (AvgIpc) is 3.19. The molecule has 0 aliphatic carbocycles. The molecule has 2 aromatic carbocycles. The van der Waals surface area contributed by atoms with E-state index in [1.807, 2.05) is 60.7 Å². The Morgan fingerprint density at radius 1 is 0.786 bits per heavy atom. The number of morpholine rings is 1. The minimum atomic E-state index is -0.754. The van der Waals surface area contributed by atoms with Gasteiger partial charge in [0.05, 0.1) is 17.9 Å². The molecule has 28 heavy (non-hydrogen) atoms. The molecular weight excluding hydrogens is 356 g/mol. The molecule has 2 aromatic rings. The van der Waals surface area contributed by atoms with Crippen LogP contribution in [0.4, 0.5) is 0 Å². The minimum absolute atomic E-state index is 0.203. The minimum Gasteiger partial charge on any atom is -0.462 e. The molecule has 3 aliphatic heterocycles. The Hall–Kier alpha value is -2.99. The zero-order valence-electron chi connectivity index (χ0n) is 15.4. The van der Waals surface area contributed by atoms with Gasteiger partial charge in [0.25, 0.3) is 0 Å². The predicted molar refractivity (Wildman–Crippen MR) is 99.7 cm³/mol. The lowest BCUT2D eigenvalue weighted by molar-refractivity contribution is -0.166.